The molecule has 0 fully saturated rings. The van der Waals surface area contributed by atoms with Crippen LogP contribution in [0, 0.1) is 6.92 Å². The van der Waals surface area contributed by atoms with Gasteiger partial charge >= 0.3 is 0 Å². The molecule has 0 spiro atoms. The molecule has 0 radical (unpaired) electrons. The molecule has 1 unspecified atom stereocenters. The van der Waals surface area contributed by atoms with Crippen molar-refractivity contribution in [2.75, 3.05) is 0 Å². The van der Waals surface area contributed by atoms with Crippen LogP contribution in [0.2, 0.25) is 5.02 Å². The summed E-state index contributed by atoms with van der Waals surface area (Å²) in [7, 11) is 0. The van der Waals surface area contributed by atoms with Gasteiger partial charge in [-0.3, -0.25) is 4.57 Å². The van der Waals surface area contributed by atoms with Crippen LogP contribution in [0.15, 0.2) is 59.8 Å². The molecule has 1 aromatic heterocycles. The fraction of sp³-hybridized carbons (Fsp3) is 0.176. The van der Waals surface area contributed by atoms with Crippen LogP contribution < -0.4 is 0 Å². The Kier molecular flexibility index (Phi) is 4.50. The zero-order valence-corrected chi connectivity index (χ0v) is 14.0. The number of aryl methyl sites for hydroxylation is 1. The van der Waals surface area contributed by atoms with Gasteiger partial charge in [-0.2, -0.15) is 0 Å². The Labute approximate surface area is 139 Å². The highest BCUT2D eigenvalue weighted by atomic mass is 35.5. The van der Waals surface area contributed by atoms with E-state index in [0.717, 1.165) is 27.3 Å². The second-order valence-electron chi connectivity index (χ2n) is 4.98. The fourth-order valence-corrected chi connectivity index (χ4v) is 3.76. The van der Waals surface area contributed by atoms with Crippen molar-refractivity contribution in [1.29, 1.82) is 0 Å². The Morgan fingerprint density at radius 3 is 2.41 bits per heavy atom. The van der Waals surface area contributed by atoms with E-state index < -0.39 is 0 Å². The first-order chi connectivity index (χ1) is 10.7. The first kappa shape index (κ1) is 15.1. The second-order valence-corrected chi connectivity index (χ2v) is 6.70. The largest absolute Gasteiger partial charge is 0.274 e. The summed E-state index contributed by atoms with van der Waals surface area (Å²) >= 11 is 7.95. The Morgan fingerprint density at radius 2 is 1.68 bits per heavy atom. The lowest BCUT2D eigenvalue weighted by atomic mass is 10.2. The van der Waals surface area contributed by atoms with Gasteiger partial charge in [-0.1, -0.05) is 59.8 Å². The first-order valence-electron chi connectivity index (χ1n) is 7.05. The van der Waals surface area contributed by atoms with Crippen molar-refractivity contribution in [3.8, 4) is 5.69 Å². The van der Waals surface area contributed by atoms with Crippen LogP contribution in [0.4, 0.5) is 0 Å². The van der Waals surface area contributed by atoms with Crippen LogP contribution in [0.5, 0.6) is 0 Å². The Balaban J connectivity index is 1.93. The van der Waals surface area contributed by atoms with E-state index in [1.807, 2.05) is 43.3 Å². The van der Waals surface area contributed by atoms with Crippen molar-refractivity contribution in [3.63, 3.8) is 0 Å². The van der Waals surface area contributed by atoms with Crippen LogP contribution in [-0.4, -0.2) is 14.8 Å². The molecule has 3 rings (SSSR count). The van der Waals surface area contributed by atoms with Gasteiger partial charge in [0.2, 0.25) is 0 Å². The maximum Gasteiger partial charge on any atom is 0.196 e. The van der Waals surface area contributed by atoms with Crippen molar-refractivity contribution in [2.45, 2.75) is 24.3 Å². The van der Waals surface area contributed by atoms with Crippen LogP contribution in [-0.2, 0) is 0 Å². The first-order valence-corrected chi connectivity index (χ1v) is 8.31. The summed E-state index contributed by atoms with van der Waals surface area (Å²) < 4.78 is 2.07. The molecule has 0 amide bonds. The molecule has 3 aromatic rings. The smallest absolute Gasteiger partial charge is 0.196 e. The number of nitrogens with zero attached hydrogens (tertiary/aromatic N) is 3. The highest BCUT2D eigenvalue weighted by molar-refractivity contribution is 7.99. The molecule has 112 valence electrons. The van der Waals surface area contributed by atoms with Gasteiger partial charge in [0.25, 0.3) is 0 Å². The molecule has 3 nitrogen and oxygen atoms in total. The van der Waals surface area contributed by atoms with Crippen LogP contribution >= 0.6 is 23.4 Å². The molecule has 0 aliphatic heterocycles. The van der Waals surface area contributed by atoms with Crippen LogP contribution in [0.3, 0.4) is 0 Å². The monoisotopic (exact) mass is 329 g/mol. The van der Waals surface area contributed by atoms with E-state index in [1.54, 1.807) is 11.8 Å². The molecule has 2 aromatic carbocycles. The highest BCUT2D eigenvalue weighted by Crippen LogP contribution is 2.37. The van der Waals surface area contributed by atoms with E-state index in [9.17, 15) is 0 Å². The molecule has 0 bridgehead atoms. The van der Waals surface area contributed by atoms with Crippen molar-refractivity contribution < 1.29 is 0 Å². The van der Waals surface area contributed by atoms with Gasteiger partial charge in [0.1, 0.15) is 5.82 Å². The molecule has 0 saturated heterocycles. The van der Waals surface area contributed by atoms with Crippen LogP contribution in [0.1, 0.15) is 23.6 Å². The number of thioether (sulfide) groups is 1. The summed E-state index contributed by atoms with van der Waals surface area (Å²) in [5.41, 5.74) is 2.17. The molecule has 22 heavy (non-hydrogen) atoms. The molecule has 5 heteroatoms. The van der Waals surface area contributed by atoms with E-state index in [-0.39, 0.29) is 5.25 Å². The molecule has 0 saturated carbocycles. The van der Waals surface area contributed by atoms with Crippen LogP contribution in [0.25, 0.3) is 5.69 Å². The third-order valence-electron chi connectivity index (χ3n) is 3.43. The standard InChI is InChI=1S/C17H16ClN3S/c1-12(15-10-6-7-11-16(15)18)22-17-20-19-13(2)21(17)14-8-4-3-5-9-14/h3-12H,1-2H3. The number of benzene rings is 2. The molecule has 1 atom stereocenters. The summed E-state index contributed by atoms with van der Waals surface area (Å²) in [5.74, 6) is 0.875. The summed E-state index contributed by atoms with van der Waals surface area (Å²) in [6.45, 7) is 4.09. The Bertz CT molecular complexity index is 771. The minimum absolute atomic E-state index is 0.194. The maximum absolute atomic E-state index is 6.29. The van der Waals surface area contributed by atoms with Crippen molar-refractivity contribution >= 4 is 23.4 Å². The average Bonchev–Trinajstić information content (AvgIpc) is 2.89. The lowest BCUT2D eigenvalue weighted by Gasteiger charge is -2.14. The van der Waals surface area contributed by atoms with Crippen molar-refractivity contribution in [1.82, 2.24) is 14.8 Å². The third kappa shape index (κ3) is 3.03. The SMILES string of the molecule is Cc1nnc(SC(C)c2ccccc2Cl)n1-c1ccccc1. The lowest BCUT2D eigenvalue weighted by molar-refractivity contribution is 0.862. The van der Waals surface area contributed by atoms with Gasteiger partial charge in [0.05, 0.1) is 0 Å². The summed E-state index contributed by atoms with van der Waals surface area (Å²) in [6.07, 6.45) is 0. The second kappa shape index (κ2) is 6.55. The van der Waals surface area contributed by atoms with Gasteiger partial charge in [-0.15, -0.1) is 10.2 Å². The minimum Gasteiger partial charge on any atom is -0.274 e. The van der Waals surface area contributed by atoms with E-state index in [0.29, 0.717) is 0 Å². The van der Waals surface area contributed by atoms with E-state index in [2.05, 4.69) is 39.9 Å². The minimum atomic E-state index is 0.194. The number of hydrogen-bond donors (Lipinski definition) is 0. The topological polar surface area (TPSA) is 30.7 Å². The molecular weight excluding hydrogens is 314 g/mol. The predicted molar refractivity (Wildman–Crippen MR) is 91.8 cm³/mol. The quantitative estimate of drug-likeness (QED) is 0.625. The highest BCUT2D eigenvalue weighted by Gasteiger charge is 2.17. The third-order valence-corrected chi connectivity index (χ3v) is 4.86. The summed E-state index contributed by atoms with van der Waals surface area (Å²) in [4.78, 5) is 0. The van der Waals surface area contributed by atoms with Gasteiger partial charge in [0, 0.05) is 16.0 Å². The van der Waals surface area contributed by atoms with E-state index in [4.69, 9.17) is 11.6 Å². The normalized spacial score (nSPS) is 12.3. The fourth-order valence-electron chi connectivity index (χ4n) is 2.32. The molecule has 0 aliphatic rings. The van der Waals surface area contributed by atoms with Gasteiger partial charge in [-0.05, 0) is 37.6 Å². The molecule has 0 aliphatic carbocycles. The van der Waals surface area contributed by atoms with E-state index >= 15 is 0 Å². The number of aromatic nitrogens is 3. The maximum atomic E-state index is 6.29. The summed E-state index contributed by atoms with van der Waals surface area (Å²) in [5, 5.41) is 10.4. The average molecular weight is 330 g/mol. The van der Waals surface area contributed by atoms with Crippen molar-refractivity contribution in [2.24, 2.45) is 0 Å². The predicted octanol–water partition coefficient (Wildman–Crippen LogP) is 5.08. The van der Waals surface area contributed by atoms with Gasteiger partial charge in [-0.25, -0.2) is 0 Å². The number of rotatable bonds is 4. The Morgan fingerprint density at radius 1 is 1.00 bits per heavy atom. The zero-order chi connectivity index (χ0) is 15.5. The van der Waals surface area contributed by atoms with Gasteiger partial charge in [0.15, 0.2) is 5.16 Å². The summed E-state index contributed by atoms with van der Waals surface area (Å²) in [6, 6.07) is 18.1. The number of hydrogen-bond acceptors (Lipinski definition) is 3. The molecule has 0 N–H and O–H groups in total. The van der Waals surface area contributed by atoms with Crippen molar-refractivity contribution in [3.05, 3.63) is 71.0 Å². The lowest BCUT2D eigenvalue weighted by Crippen LogP contribution is -2.00. The number of para-hydroxylation sites is 1. The zero-order valence-electron chi connectivity index (χ0n) is 12.4. The number of halogens is 1. The molecule has 1 heterocycles. The van der Waals surface area contributed by atoms with Gasteiger partial charge < -0.3 is 0 Å². The Hall–Kier alpha value is -1.78. The van der Waals surface area contributed by atoms with E-state index in [1.165, 1.54) is 0 Å². The molecular formula is C17H16ClN3S.